The molecule has 6 aromatic rings. The molecule has 0 unspecified atom stereocenters. The van der Waals surface area contributed by atoms with Crippen molar-refractivity contribution in [3.8, 4) is 32.0 Å². The van der Waals surface area contributed by atoms with E-state index in [1.807, 2.05) is 109 Å². The summed E-state index contributed by atoms with van der Waals surface area (Å²) in [6, 6.07) is 31.6. The highest BCUT2D eigenvalue weighted by Gasteiger charge is 2.44. The van der Waals surface area contributed by atoms with E-state index in [4.69, 9.17) is 0 Å². The van der Waals surface area contributed by atoms with Crippen LogP contribution >= 0.6 is 22.7 Å². The minimum absolute atomic E-state index is 0.0593. The Morgan fingerprint density at radius 2 is 0.891 bits per heavy atom. The lowest BCUT2D eigenvalue weighted by molar-refractivity contribution is -0.138. The Kier molecular flexibility index (Phi) is 11.6. The second kappa shape index (κ2) is 17.8. The Bertz CT molecular complexity index is 2470. The van der Waals surface area contributed by atoms with Crippen molar-refractivity contribution in [1.82, 2.24) is 30.4 Å². The molecule has 2 saturated heterocycles. The van der Waals surface area contributed by atoms with Gasteiger partial charge in [-0.15, -0.1) is 22.7 Å². The molecule has 2 aromatic heterocycles. The number of hydrogen-bond donors (Lipinski definition) is 2. The minimum atomic E-state index is -1.20. The number of nitrogens with one attached hydrogen (secondary N) is 2. The van der Waals surface area contributed by atoms with Gasteiger partial charge >= 0.3 is 0 Å². The summed E-state index contributed by atoms with van der Waals surface area (Å²) in [5.41, 5.74) is 5.24. The molecule has 4 heterocycles. The smallest absolute Gasteiger partial charge is 0.250 e. The first-order chi connectivity index (χ1) is 31.2. The van der Waals surface area contributed by atoms with Gasteiger partial charge in [-0.1, -0.05) is 109 Å². The minimum Gasteiger partial charge on any atom is -0.340 e. The van der Waals surface area contributed by atoms with Crippen molar-refractivity contribution in [3.63, 3.8) is 0 Å². The van der Waals surface area contributed by atoms with Crippen molar-refractivity contribution in [2.75, 3.05) is 13.1 Å². The van der Waals surface area contributed by atoms with Gasteiger partial charge in [-0.25, -0.2) is 18.7 Å². The Balaban J connectivity index is 0.811. The Morgan fingerprint density at radius 1 is 0.531 bits per heavy atom. The SMILES string of the molecule is O=C(N[C@@H](C(=O)N1C[C@H](F)C[C@H]1c1ncc(-c2ccc(-c3ccc(-c4cnc([C@@H]5C[C@@H](F)CN5C(=O)[C@H](NC(=O)C5CC5)c5ccccc5)s4)cc3)cc2)s1)c1ccccc1)C1CC1. The molecule has 2 aliphatic carbocycles. The summed E-state index contributed by atoms with van der Waals surface area (Å²) in [5, 5.41) is 7.20. The second-order valence-electron chi connectivity index (χ2n) is 17.2. The molecule has 6 atom stereocenters. The van der Waals surface area contributed by atoms with Crippen molar-refractivity contribution in [3.05, 3.63) is 143 Å². The van der Waals surface area contributed by atoms with Crippen molar-refractivity contribution >= 4 is 46.3 Å². The first kappa shape index (κ1) is 41.9. The summed E-state index contributed by atoms with van der Waals surface area (Å²) in [6.45, 7) is -0.119. The van der Waals surface area contributed by atoms with Gasteiger partial charge in [-0.2, -0.15) is 0 Å². The molecule has 14 heteroatoms. The van der Waals surface area contributed by atoms with Gasteiger partial charge in [0, 0.05) is 37.1 Å². The summed E-state index contributed by atoms with van der Waals surface area (Å²) in [4.78, 5) is 68.1. The number of nitrogens with zero attached hydrogens (tertiary/aromatic N) is 4. The van der Waals surface area contributed by atoms with E-state index in [-0.39, 0.29) is 61.4 Å². The molecule has 4 fully saturated rings. The van der Waals surface area contributed by atoms with E-state index in [2.05, 4.69) is 20.6 Å². The van der Waals surface area contributed by atoms with Crippen molar-refractivity contribution < 1.29 is 28.0 Å². The van der Waals surface area contributed by atoms with Crippen LogP contribution in [0.15, 0.2) is 122 Å². The summed E-state index contributed by atoms with van der Waals surface area (Å²) >= 11 is 2.88. The van der Waals surface area contributed by atoms with Crippen molar-refractivity contribution in [1.29, 1.82) is 0 Å². The number of rotatable bonds is 13. The topological polar surface area (TPSA) is 125 Å². The maximum Gasteiger partial charge on any atom is 0.250 e. The lowest BCUT2D eigenvalue weighted by atomic mass is 10.0. The third-order valence-electron chi connectivity index (χ3n) is 12.6. The van der Waals surface area contributed by atoms with E-state index in [1.165, 1.54) is 22.7 Å². The Labute approximate surface area is 377 Å². The van der Waals surface area contributed by atoms with Gasteiger partial charge in [0.25, 0.3) is 11.8 Å². The number of amides is 4. The van der Waals surface area contributed by atoms with E-state index in [0.717, 1.165) is 57.7 Å². The molecule has 4 aromatic carbocycles. The van der Waals surface area contributed by atoms with E-state index in [9.17, 15) is 19.2 Å². The largest absolute Gasteiger partial charge is 0.340 e. The maximum absolute atomic E-state index is 15.1. The van der Waals surface area contributed by atoms with Gasteiger partial charge in [0.05, 0.1) is 34.9 Å². The third-order valence-corrected chi connectivity index (χ3v) is 14.9. The molecule has 10 nitrogen and oxygen atoms in total. The number of benzene rings is 4. The number of likely N-dealkylation sites (tertiary alicyclic amines) is 2. The molecule has 0 spiro atoms. The standard InChI is InChI=1S/C50H46F2N6O4S2/c51-37-23-39(57(27-37)49(61)43(33-7-3-1-4-8-33)55-45(59)35-19-20-35)47-53-25-41(63-47)31-15-11-29(12-16-31)30-13-17-32(18-14-30)42-26-54-48(64-42)40-24-38(52)28-58(40)50(62)44(34-9-5-2-6-10-34)56-46(60)36-21-22-36/h1-18,25-26,35-40,43-44H,19-24,27-28H2,(H,55,59)(H,56,60)/t37-,38-,39+,40+,43-,44-/m1/s1. The van der Waals surface area contributed by atoms with Crippen LogP contribution < -0.4 is 10.6 Å². The highest BCUT2D eigenvalue weighted by atomic mass is 32.1. The zero-order valence-electron chi connectivity index (χ0n) is 34.8. The Hall–Kier alpha value is -6.12. The van der Waals surface area contributed by atoms with Gasteiger partial charge < -0.3 is 20.4 Å². The zero-order chi connectivity index (χ0) is 43.9. The van der Waals surface area contributed by atoms with Crippen LogP contribution in [0.25, 0.3) is 32.0 Å². The molecule has 0 radical (unpaired) electrons. The average Bonchev–Trinajstić information content (AvgIpc) is 4.16. The number of alkyl halides is 2. The normalized spacial score (nSPS) is 21.7. The number of hydrogen-bond acceptors (Lipinski definition) is 8. The first-order valence-corrected chi connectivity index (χ1v) is 23.5. The highest BCUT2D eigenvalue weighted by Crippen LogP contribution is 2.42. The van der Waals surface area contributed by atoms with E-state index in [0.29, 0.717) is 21.1 Å². The fraction of sp³-hybridized carbons (Fsp3) is 0.320. The molecule has 2 N–H and O–H groups in total. The van der Waals surface area contributed by atoms with Crippen LogP contribution in [-0.4, -0.2) is 68.8 Å². The first-order valence-electron chi connectivity index (χ1n) is 21.9. The van der Waals surface area contributed by atoms with Gasteiger partial charge in [0.15, 0.2) is 0 Å². The zero-order valence-corrected chi connectivity index (χ0v) is 36.4. The van der Waals surface area contributed by atoms with Crippen LogP contribution in [0.2, 0.25) is 0 Å². The molecule has 4 amide bonds. The number of carbonyl (C=O) groups is 4. The van der Waals surface area contributed by atoms with Crippen LogP contribution in [0.4, 0.5) is 8.78 Å². The summed E-state index contributed by atoms with van der Waals surface area (Å²) in [6.07, 6.45) is 4.65. The average molecular weight is 897 g/mol. The number of carbonyl (C=O) groups excluding carboxylic acids is 4. The number of halogens is 2. The monoisotopic (exact) mass is 896 g/mol. The van der Waals surface area contributed by atoms with Crippen LogP contribution in [0.3, 0.4) is 0 Å². The van der Waals surface area contributed by atoms with Crippen LogP contribution in [0.5, 0.6) is 0 Å². The number of aromatic nitrogens is 2. The Morgan fingerprint density at radius 3 is 1.25 bits per heavy atom. The summed E-state index contributed by atoms with van der Waals surface area (Å²) < 4.78 is 30.2. The molecule has 2 aliphatic heterocycles. The molecule has 4 aliphatic rings. The lowest BCUT2D eigenvalue weighted by Gasteiger charge is -2.28. The van der Waals surface area contributed by atoms with Gasteiger partial charge in [0.2, 0.25) is 11.8 Å². The molecule has 2 saturated carbocycles. The van der Waals surface area contributed by atoms with Crippen molar-refractivity contribution in [2.45, 2.75) is 75.0 Å². The van der Waals surface area contributed by atoms with Crippen LogP contribution in [0.1, 0.15) is 83.8 Å². The highest BCUT2D eigenvalue weighted by molar-refractivity contribution is 7.15. The predicted molar refractivity (Wildman–Crippen MR) is 242 cm³/mol. The molecule has 10 rings (SSSR count). The molecule has 0 bridgehead atoms. The summed E-state index contributed by atoms with van der Waals surface area (Å²) in [5.74, 6) is -1.12. The van der Waals surface area contributed by atoms with Crippen LogP contribution in [-0.2, 0) is 19.2 Å². The predicted octanol–water partition coefficient (Wildman–Crippen LogP) is 9.36. The molecule has 326 valence electrons. The third kappa shape index (κ3) is 8.85. The molecular weight excluding hydrogens is 851 g/mol. The maximum atomic E-state index is 15.1. The fourth-order valence-corrected chi connectivity index (χ4v) is 10.8. The summed E-state index contributed by atoms with van der Waals surface area (Å²) in [7, 11) is 0. The van der Waals surface area contributed by atoms with Gasteiger partial charge in [0.1, 0.15) is 34.4 Å². The fourth-order valence-electron chi connectivity index (χ4n) is 8.74. The van der Waals surface area contributed by atoms with E-state index >= 15 is 8.78 Å². The van der Waals surface area contributed by atoms with Crippen molar-refractivity contribution in [2.24, 2.45) is 11.8 Å². The van der Waals surface area contributed by atoms with E-state index < -0.39 is 36.5 Å². The lowest BCUT2D eigenvalue weighted by Crippen LogP contribution is -2.43. The molecular formula is C50H46F2N6O4S2. The quantitative estimate of drug-likeness (QED) is 0.119. The second-order valence-corrected chi connectivity index (χ2v) is 19.3. The van der Waals surface area contributed by atoms with Gasteiger partial charge in [-0.3, -0.25) is 19.2 Å². The molecule has 64 heavy (non-hydrogen) atoms. The van der Waals surface area contributed by atoms with E-state index in [1.54, 1.807) is 22.2 Å². The number of thiazole rings is 2. The van der Waals surface area contributed by atoms with Gasteiger partial charge in [-0.05, 0) is 59.1 Å². The van der Waals surface area contributed by atoms with Crippen LogP contribution in [0, 0.1) is 11.8 Å².